The zero-order valence-corrected chi connectivity index (χ0v) is 18.0. The van der Waals surface area contributed by atoms with Crippen molar-refractivity contribution in [2.24, 2.45) is 0 Å². The fraction of sp³-hybridized carbons (Fsp3) is 0.417. The van der Waals surface area contributed by atoms with Crippen molar-refractivity contribution >= 4 is 0 Å². The van der Waals surface area contributed by atoms with Crippen LogP contribution in [0.2, 0.25) is 0 Å². The van der Waals surface area contributed by atoms with Crippen LogP contribution in [-0.2, 0) is 20.3 Å². The van der Waals surface area contributed by atoms with Gasteiger partial charge in [-0.25, -0.2) is 8.78 Å². The molecule has 1 aliphatic carbocycles. The number of allylic oxidation sites excluding steroid dienone is 1. The van der Waals surface area contributed by atoms with Crippen LogP contribution in [0, 0.1) is 11.6 Å². The van der Waals surface area contributed by atoms with Crippen LogP contribution in [0.3, 0.4) is 0 Å². The lowest BCUT2D eigenvalue weighted by Crippen LogP contribution is -2.24. The SMILES string of the molecule is CCOc1ccc(-c2ccc(C(F)(F)OC3=CCC(OCCOC)CC3)c(F)c2F)cc1. The Labute approximate surface area is 184 Å². The van der Waals surface area contributed by atoms with Crippen LogP contribution in [0.1, 0.15) is 31.7 Å². The maximum absolute atomic E-state index is 14.7. The smallest absolute Gasteiger partial charge is 0.429 e. The van der Waals surface area contributed by atoms with Gasteiger partial charge in [0.15, 0.2) is 11.6 Å². The fourth-order valence-electron chi connectivity index (χ4n) is 3.44. The molecule has 0 radical (unpaired) electrons. The van der Waals surface area contributed by atoms with Crippen LogP contribution in [0.4, 0.5) is 17.6 Å². The molecular formula is C24H26F4O4. The van der Waals surface area contributed by atoms with Gasteiger partial charge >= 0.3 is 6.11 Å². The monoisotopic (exact) mass is 454 g/mol. The zero-order valence-electron chi connectivity index (χ0n) is 18.0. The maximum atomic E-state index is 14.7. The average Bonchev–Trinajstić information content (AvgIpc) is 2.77. The summed E-state index contributed by atoms with van der Waals surface area (Å²) in [7, 11) is 1.56. The molecule has 0 amide bonds. The van der Waals surface area contributed by atoms with E-state index >= 15 is 0 Å². The number of alkyl halides is 2. The van der Waals surface area contributed by atoms with Crippen LogP contribution in [-0.4, -0.2) is 33.0 Å². The van der Waals surface area contributed by atoms with E-state index in [0.717, 1.165) is 12.1 Å². The summed E-state index contributed by atoms with van der Waals surface area (Å²) in [4.78, 5) is 0. The van der Waals surface area contributed by atoms with E-state index in [2.05, 4.69) is 0 Å². The van der Waals surface area contributed by atoms with Gasteiger partial charge in [0.25, 0.3) is 0 Å². The number of methoxy groups -OCH3 is 1. The fourth-order valence-corrected chi connectivity index (χ4v) is 3.44. The normalized spacial score (nSPS) is 16.6. The number of hydrogen-bond donors (Lipinski definition) is 0. The summed E-state index contributed by atoms with van der Waals surface area (Å²) in [5.41, 5.74) is -0.933. The van der Waals surface area contributed by atoms with Crippen LogP contribution in [0.15, 0.2) is 48.2 Å². The Morgan fingerprint density at radius 3 is 2.38 bits per heavy atom. The molecule has 32 heavy (non-hydrogen) atoms. The van der Waals surface area contributed by atoms with Crippen molar-refractivity contribution in [2.45, 2.75) is 38.4 Å². The minimum absolute atomic E-state index is 0.0250. The van der Waals surface area contributed by atoms with Crippen molar-refractivity contribution in [1.82, 2.24) is 0 Å². The lowest BCUT2D eigenvalue weighted by molar-refractivity contribution is -0.228. The topological polar surface area (TPSA) is 36.9 Å². The summed E-state index contributed by atoms with van der Waals surface area (Å²) < 4.78 is 79.2. The second-order valence-corrected chi connectivity index (χ2v) is 7.30. The molecule has 174 valence electrons. The van der Waals surface area contributed by atoms with Crippen molar-refractivity contribution < 1.29 is 36.5 Å². The molecule has 0 aromatic heterocycles. The van der Waals surface area contributed by atoms with Crippen LogP contribution >= 0.6 is 0 Å². The van der Waals surface area contributed by atoms with Gasteiger partial charge in [-0.1, -0.05) is 18.2 Å². The number of ether oxygens (including phenoxy) is 4. The van der Waals surface area contributed by atoms with Crippen molar-refractivity contribution in [3.63, 3.8) is 0 Å². The first-order valence-corrected chi connectivity index (χ1v) is 10.4. The van der Waals surface area contributed by atoms with Crippen molar-refractivity contribution in [3.05, 3.63) is 65.4 Å². The first kappa shape index (κ1) is 24.1. The quantitative estimate of drug-likeness (QED) is 0.317. The van der Waals surface area contributed by atoms with Gasteiger partial charge in [-0.3, -0.25) is 0 Å². The lowest BCUT2D eigenvalue weighted by atomic mass is 10.0. The Morgan fingerprint density at radius 2 is 1.75 bits per heavy atom. The molecule has 8 heteroatoms. The Balaban J connectivity index is 1.72. The Hall–Kier alpha value is -2.58. The minimum Gasteiger partial charge on any atom is -0.494 e. The molecule has 0 saturated heterocycles. The Bertz CT molecular complexity index is 928. The highest BCUT2D eigenvalue weighted by Gasteiger charge is 2.40. The molecule has 1 atom stereocenters. The molecule has 4 nitrogen and oxygen atoms in total. The van der Waals surface area contributed by atoms with E-state index in [9.17, 15) is 17.6 Å². The highest BCUT2D eigenvalue weighted by molar-refractivity contribution is 5.65. The van der Waals surface area contributed by atoms with Crippen LogP contribution in [0.25, 0.3) is 11.1 Å². The van der Waals surface area contributed by atoms with Crippen LogP contribution < -0.4 is 4.74 Å². The van der Waals surface area contributed by atoms with E-state index in [1.54, 1.807) is 19.2 Å². The highest BCUT2D eigenvalue weighted by atomic mass is 19.3. The third kappa shape index (κ3) is 5.81. The van der Waals surface area contributed by atoms with Gasteiger partial charge in [-0.2, -0.15) is 8.78 Å². The summed E-state index contributed by atoms with van der Waals surface area (Å²) in [6.45, 7) is 3.14. The lowest BCUT2D eigenvalue weighted by Gasteiger charge is -2.26. The molecule has 2 aromatic carbocycles. The number of halogens is 4. The molecule has 0 heterocycles. The van der Waals surface area contributed by atoms with Crippen LogP contribution in [0.5, 0.6) is 5.75 Å². The first-order chi connectivity index (χ1) is 15.4. The van der Waals surface area contributed by atoms with Crippen molar-refractivity contribution in [1.29, 1.82) is 0 Å². The predicted octanol–water partition coefficient (Wildman–Crippen LogP) is 6.20. The molecule has 1 unspecified atom stereocenters. The van der Waals surface area contributed by atoms with Gasteiger partial charge in [0.2, 0.25) is 0 Å². The average molecular weight is 454 g/mol. The van der Waals surface area contributed by atoms with E-state index in [0.29, 0.717) is 44.0 Å². The van der Waals surface area contributed by atoms with E-state index in [4.69, 9.17) is 18.9 Å². The van der Waals surface area contributed by atoms with E-state index in [1.165, 1.54) is 18.2 Å². The van der Waals surface area contributed by atoms with Gasteiger partial charge in [0, 0.05) is 19.1 Å². The largest absolute Gasteiger partial charge is 0.494 e. The predicted molar refractivity (Wildman–Crippen MR) is 111 cm³/mol. The standard InChI is InChI=1S/C24H26F4O4/c1-3-30-17-6-4-16(5-7-17)20-12-13-21(23(26)22(20)25)24(27,28)32-19-10-8-18(9-11-19)31-15-14-29-2/h4-7,10,12-13,18H,3,8-9,11,14-15H2,1-2H3. The third-order valence-electron chi connectivity index (χ3n) is 5.09. The maximum Gasteiger partial charge on any atom is 0.429 e. The molecule has 2 aromatic rings. The first-order valence-electron chi connectivity index (χ1n) is 10.4. The Kier molecular flexibility index (Phi) is 8.15. The van der Waals surface area contributed by atoms with Gasteiger partial charge in [0.1, 0.15) is 11.3 Å². The van der Waals surface area contributed by atoms with Gasteiger partial charge in [-0.15, -0.1) is 0 Å². The minimum atomic E-state index is -4.02. The molecule has 3 rings (SSSR count). The van der Waals surface area contributed by atoms with Gasteiger partial charge in [0.05, 0.1) is 31.7 Å². The van der Waals surface area contributed by atoms with E-state index in [-0.39, 0.29) is 23.8 Å². The van der Waals surface area contributed by atoms with E-state index < -0.39 is 23.3 Å². The summed E-state index contributed by atoms with van der Waals surface area (Å²) >= 11 is 0. The summed E-state index contributed by atoms with van der Waals surface area (Å²) in [6.07, 6.45) is -1.55. The van der Waals surface area contributed by atoms with Gasteiger partial charge in [-0.05, 0) is 49.6 Å². The van der Waals surface area contributed by atoms with Crippen molar-refractivity contribution in [3.8, 4) is 16.9 Å². The number of rotatable bonds is 10. The molecule has 0 spiro atoms. The molecular weight excluding hydrogens is 428 g/mol. The molecule has 1 aliphatic rings. The number of benzene rings is 2. The molecule has 0 aliphatic heterocycles. The molecule has 0 saturated carbocycles. The summed E-state index contributed by atoms with van der Waals surface area (Å²) in [5.74, 6) is -2.41. The zero-order chi connectivity index (χ0) is 23.1. The number of hydrogen-bond acceptors (Lipinski definition) is 4. The highest BCUT2D eigenvalue weighted by Crippen LogP contribution is 2.39. The second kappa shape index (κ2) is 10.8. The molecule has 0 bridgehead atoms. The summed E-state index contributed by atoms with van der Waals surface area (Å²) in [5, 5.41) is 0. The molecule has 0 N–H and O–H groups in total. The van der Waals surface area contributed by atoms with Gasteiger partial charge < -0.3 is 18.9 Å². The van der Waals surface area contributed by atoms with E-state index in [1.807, 2.05) is 6.92 Å². The third-order valence-corrected chi connectivity index (χ3v) is 5.09. The van der Waals surface area contributed by atoms with Crippen molar-refractivity contribution in [2.75, 3.05) is 26.9 Å². The molecule has 0 fully saturated rings. The second-order valence-electron chi connectivity index (χ2n) is 7.30. The Morgan fingerprint density at radius 1 is 1.00 bits per heavy atom. The summed E-state index contributed by atoms with van der Waals surface area (Å²) in [6, 6.07) is 8.25.